The van der Waals surface area contributed by atoms with E-state index in [9.17, 15) is 0 Å². The molecule has 3 heterocycles. The maximum Gasteiger partial charge on any atom is 0.182 e. The van der Waals surface area contributed by atoms with Crippen molar-refractivity contribution < 1.29 is 0 Å². The van der Waals surface area contributed by atoms with Crippen LogP contribution < -0.4 is 0 Å². The molecule has 0 aliphatic heterocycles. The summed E-state index contributed by atoms with van der Waals surface area (Å²) in [6.45, 7) is 4.62. The molecule has 1 aliphatic carbocycles. The van der Waals surface area contributed by atoms with E-state index in [4.69, 9.17) is 9.97 Å². The van der Waals surface area contributed by atoms with E-state index in [1.54, 1.807) is 12.4 Å². The Morgan fingerprint density at radius 3 is 1.64 bits per heavy atom. The van der Waals surface area contributed by atoms with Crippen molar-refractivity contribution in [2.75, 3.05) is 0 Å². The maximum absolute atomic E-state index is 4.78. The molecule has 0 fully saturated rings. The molecule has 0 N–H and O–H groups in total. The molecule has 6 aromatic rings. The van der Waals surface area contributed by atoms with Crippen molar-refractivity contribution in [3.05, 3.63) is 127 Å². The van der Waals surface area contributed by atoms with Gasteiger partial charge >= 0.3 is 0 Å². The minimum atomic E-state index is -0.0312. The molecule has 0 saturated carbocycles. The lowest BCUT2D eigenvalue weighted by molar-refractivity contribution is 0.660. The van der Waals surface area contributed by atoms with E-state index >= 15 is 0 Å². The van der Waals surface area contributed by atoms with Gasteiger partial charge in [-0.25, -0.2) is 15.0 Å². The lowest BCUT2D eigenvalue weighted by Crippen LogP contribution is -2.14. The number of fused-ring (bicyclic) bond motifs is 3. The normalized spacial score (nSPS) is 13.1. The summed E-state index contributed by atoms with van der Waals surface area (Å²) >= 11 is 0. The van der Waals surface area contributed by atoms with Gasteiger partial charge < -0.3 is 0 Å². The zero-order valence-electron chi connectivity index (χ0n) is 21.7. The molecule has 1 aliphatic rings. The molecule has 0 atom stereocenters. The molecule has 7 rings (SSSR count). The SMILES string of the molecule is CC1(C)c2ccccc2-c2ccc(-c3ccc(-c4nc(-c5ccccn5)nc(-c5ccccn5)n4)cc3)cc21. The lowest BCUT2D eigenvalue weighted by Gasteiger charge is -2.22. The number of aromatic nitrogens is 5. The molecule has 39 heavy (non-hydrogen) atoms. The standard InChI is InChI=1S/C34H25N5/c1-34(2)27-10-4-3-9-25(27)26-18-17-24(21-28(26)34)22-13-15-23(16-14-22)31-37-32(29-11-5-7-19-35-29)39-33(38-31)30-12-6-8-20-36-30/h3-21H,1-2H3. The largest absolute Gasteiger partial charge is 0.253 e. The van der Waals surface area contributed by atoms with Crippen molar-refractivity contribution in [3.63, 3.8) is 0 Å². The van der Waals surface area contributed by atoms with Crippen LogP contribution in [0.25, 0.3) is 56.7 Å². The summed E-state index contributed by atoms with van der Waals surface area (Å²) in [4.78, 5) is 23.1. The van der Waals surface area contributed by atoms with Crippen LogP contribution in [0.4, 0.5) is 0 Å². The third-order valence-corrected chi connectivity index (χ3v) is 7.48. The molecule has 3 aromatic heterocycles. The summed E-state index contributed by atoms with van der Waals surface area (Å²) in [6, 6.07) is 35.4. The second kappa shape index (κ2) is 9.07. The van der Waals surface area contributed by atoms with Crippen molar-refractivity contribution in [2.24, 2.45) is 0 Å². The highest BCUT2D eigenvalue weighted by molar-refractivity contribution is 5.83. The number of pyridine rings is 2. The molecular weight excluding hydrogens is 478 g/mol. The smallest absolute Gasteiger partial charge is 0.182 e. The first-order valence-corrected chi connectivity index (χ1v) is 13.0. The molecule has 0 saturated heterocycles. The Hall–Kier alpha value is -5.03. The molecule has 0 spiro atoms. The fraction of sp³-hybridized carbons (Fsp3) is 0.0882. The summed E-state index contributed by atoms with van der Waals surface area (Å²) in [5.41, 5.74) is 10.0. The fourth-order valence-electron chi connectivity index (χ4n) is 5.42. The Kier molecular flexibility index (Phi) is 5.37. The first-order valence-electron chi connectivity index (χ1n) is 13.0. The Bertz CT molecular complexity index is 1750. The molecule has 3 aromatic carbocycles. The average molecular weight is 504 g/mol. The van der Waals surface area contributed by atoms with Gasteiger partial charge in [0.15, 0.2) is 17.5 Å². The molecular formula is C34H25N5. The Morgan fingerprint density at radius 1 is 0.462 bits per heavy atom. The number of nitrogens with zero attached hydrogens (tertiary/aromatic N) is 5. The van der Waals surface area contributed by atoms with Crippen molar-refractivity contribution in [1.29, 1.82) is 0 Å². The van der Waals surface area contributed by atoms with Crippen LogP contribution in [0.1, 0.15) is 25.0 Å². The van der Waals surface area contributed by atoms with Crippen LogP contribution in [0.5, 0.6) is 0 Å². The highest BCUT2D eigenvalue weighted by atomic mass is 15.1. The van der Waals surface area contributed by atoms with Crippen LogP contribution in [0.2, 0.25) is 0 Å². The highest BCUT2D eigenvalue weighted by Crippen LogP contribution is 2.49. The van der Waals surface area contributed by atoms with Crippen molar-refractivity contribution in [2.45, 2.75) is 19.3 Å². The Balaban J connectivity index is 1.28. The average Bonchev–Trinajstić information content (AvgIpc) is 3.24. The van der Waals surface area contributed by atoms with Gasteiger partial charge in [-0.05, 0) is 63.7 Å². The minimum Gasteiger partial charge on any atom is -0.253 e. The Morgan fingerprint density at radius 2 is 1.00 bits per heavy atom. The first-order chi connectivity index (χ1) is 19.1. The van der Waals surface area contributed by atoms with Gasteiger partial charge in [-0.3, -0.25) is 9.97 Å². The number of hydrogen-bond acceptors (Lipinski definition) is 5. The highest BCUT2D eigenvalue weighted by Gasteiger charge is 2.35. The predicted octanol–water partition coefficient (Wildman–Crippen LogP) is 7.64. The van der Waals surface area contributed by atoms with Gasteiger partial charge in [-0.1, -0.05) is 86.6 Å². The second-order valence-electron chi connectivity index (χ2n) is 10.2. The third-order valence-electron chi connectivity index (χ3n) is 7.48. The summed E-state index contributed by atoms with van der Waals surface area (Å²) in [7, 11) is 0. The molecule has 0 bridgehead atoms. The van der Waals surface area contributed by atoms with Gasteiger partial charge in [0.2, 0.25) is 0 Å². The topological polar surface area (TPSA) is 64.5 Å². The van der Waals surface area contributed by atoms with E-state index in [1.165, 1.54) is 27.8 Å². The van der Waals surface area contributed by atoms with Gasteiger partial charge in [0.1, 0.15) is 11.4 Å². The van der Waals surface area contributed by atoms with Crippen LogP contribution in [-0.4, -0.2) is 24.9 Å². The van der Waals surface area contributed by atoms with E-state index in [-0.39, 0.29) is 5.41 Å². The van der Waals surface area contributed by atoms with Gasteiger partial charge in [-0.2, -0.15) is 0 Å². The van der Waals surface area contributed by atoms with Crippen LogP contribution in [0, 0.1) is 0 Å². The second-order valence-corrected chi connectivity index (χ2v) is 10.2. The zero-order chi connectivity index (χ0) is 26.4. The zero-order valence-corrected chi connectivity index (χ0v) is 21.7. The fourth-order valence-corrected chi connectivity index (χ4v) is 5.42. The van der Waals surface area contributed by atoms with Gasteiger partial charge in [0, 0.05) is 23.4 Å². The van der Waals surface area contributed by atoms with Crippen LogP contribution in [-0.2, 0) is 5.41 Å². The minimum absolute atomic E-state index is 0.0312. The predicted molar refractivity (Wildman–Crippen MR) is 155 cm³/mol. The quantitative estimate of drug-likeness (QED) is 0.247. The molecule has 186 valence electrons. The van der Waals surface area contributed by atoms with Crippen LogP contribution >= 0.6 is 0 Å². The van der Waals surface area contributed by atoms with Crippen molar-refractivity contribution in [1.82, 2.24) is 24.9 Å². The lowest BCUT2D eigenvalue weighted by atomic mass is 9.81. The summed E-state index contributed by atoms with van der Waals surface area (Å²) < 4.78 is 0. The van der Waals surface area contributed by atoms with Gasteiger partial charge in [0.05, 0.1) is 0 Å². The van der Waals surface area contributed by atoms with Gasteiger partial charge in [0.25, 0.3) is 0 Å². The summed E-state index contributed by atoms with van der Waals surface area (Å²) in [5, 5.41) is 0. The van der Waals surface area contributed by atoms with E-state index in [1.807, 2.05) is 36.4 Å². The van der Waals surface area contributed by atoms with Crippen molar-refractivity contribution >= 4 is 0 Å². The van der Waals surface area contributed by atoms with Crippen molar-refractivity contribution in [3.8, 4) is 56.7 Å². The van der Waals surface area contributed by atoms with E-state index in [0.29, 0.717) is 28.9 Å². The van der Waals surface area contributed by atoms with Gasteiger partial charge in [-0.15, -0.1) is 0 Å². The van der Waals surface area contributed by atoms with E-state index in [0.717, 1.165) is 11.1 Å². The molecule has 0 amide bonds. The maximum atomic E-state index is 4.78. The molecule has 0 unspecified atom stereocenters. The van der Waals surface area contributed by atoms with Crippen LogP contribution in [0.15, 0.2) is 116 Å². The monoisotopic (exact) mass is 503 g/mol. The summed E-state index contributed by atoms with van der Waals surface area (Å²) in [6.07, 6.45) is 3.48. The molecule has 5 heteroatoms. The number of rotatable bonds is 4. The Labute approximate surface area is 227 Å². The van der Waals surface area contributed by atoms with E-state index in [2.05, 4.69) is 95.5 Å². The number of hydrogen-bond donors (Lipinski definition) is 0. The third kappa shape index (κ3) is 3.99. The molecule has 5 nitrogen and oxygen atoms in total. The van der Waals surface area contributed by atoms with Crippen LogP contribution in [0.3, 0.4) is 0 Å². The first kappa shape index (κ1) is 23.1. The molecule has 0 radical (unpaired) electrons. The summed E-state index contributed by atoms with van der Waals surface area (Å²) in [5.74, 6) is 1.62. The van der Waals surface area contributed by atoms with E-state index < -0.39 is 0 Å². The number of benzene rings is 3.